The predicted molar refractivity (Wildman–Crippen MR) is 101 cm³/mol. The number of amides is 1. The fourth-order valence-corrected chi connectivity index (χ4v) is 4.54. The van der Waals surface area contributed by atoms with Crippen molar-refractivity contribution in [1.82, 2.24) is 4.72 Å². The Morgan fingerprint density at radius 3 is 2.60 bits per heavy atom. The first-order valence-corrected chi connectivity index (χ1v) is 10.2. The van der Waals surface area contributed by atoms with Crippen LogP contribution in [0.15, 0.2) is 35.2 Å². The lowest BCUT2D eigenvalue weighted by molar-refractivity contribution is 0.0990. The van der Waals surface area contributed by atoms with Gasteiger partial charge in [-0.25, -0.2) is 13.1 Å². The highest BCUT2D eigenvalue weighted by atomic mass is 32.2. The number of nitrogens with zero attached hydrogens (tertiary/aromatic N) is 1. The molecule has 0 saturated heterocycles. The number of carbonyl (C=O) groups excluding carboxylic acids is 1. The van der Waals surface area contributed by atoms with E-state index in [9.17, 15) is 13.2 Å². The van der Waals surface area contributed by atoms with Crippen LogP contribution in [-0.2, 0) is 10.0 Å². The van der Waals surface area contributed by atoms with E-state index in [0.29, 0.717) is 30.0 Å². The van der Waals surface area contributed by atoms with Crippen LogP contribution in [-0.4, -0.2) is 27.4 Å². The van der Waals surface area contributed by atoms with Gasteiger partial charge in [-0.15, -0.1) is 0 Å². The highest BCUT2D eigenvalue weighted by molar-refractivity contribution is 7.89. The van der Waals surface area contributed by atoms with Crippen molar-refractivity contribution in [3.63, 3.8) is 0 Å². The molecule has 0 aliphatic carbocycles. The van der Waals surface area contributed by atoms with Crippen LogP contribution in [0.5, 0.6) is 0 Å². The van der Waals surface area contributed by atoms with Gasteiger partial charge >= 0.3 is 0 Å². The molecule has 25 heavy (non-hydrogen) atoms. The van der Waals surface area contributed by atoms with Crippen LogP contribution >= 0.6 is 0 Å². The van der Waals surface area contributed by atoms with E-state index in [1.165, 1.54) is 0 Å². The maximum absolute atomic E-state index is 12.7. The number of anilines is 1. The summed E-state index contributed by atoms with van der Waals surface area (Å²) in [5, 5.41) is 1.35. The molecule has 1 aliphatic rings. The van der Waals surface area contributed by atoms with E-state index in [1.807, 2.05) is 6.92 Å². The molecule has 2 aromatic rings. The number of sulfonamides is 1. The molecule has 1 N–H and O–H groups in total. The topological polar surface area (TPSA) is 66.5 Å². The van der Waals surface area contributed by atoms with Crippen LogP contribution in [0.25, 0.3) is 10.8 Å². The molecule has 0 unspecified atom stereocenters. The Morgan fingerprint density at radius 2 is 1.92 bits per heavy atom. The van der Waals surface area contributed by atoms with Gasteiger partial charge < -0.3 is 4.90 Å². The SMILES string of the molecule is CCCCNS(=O)(=O)c1ccc2c3c(cccc13)C(=O)N2CC(C)C. The Balaban J connectivity index is 2.12. The number of unbranched alkanes of at least 4 members (excludes halogenated alkanes) is 1. The molecular weight excluding hydrogens is 336 g/mol. The number of carbonyl (C=O) groups is 1. The first-order valence-electron chi connectivity index (χ1n) is 8.74. The summed E-state index contributed by atoms with van der Waals surface area (Å²) in [5.41, 5.74) is 1.38. The average molecular weight is 360 g/mol. The Kier molecular flexibility index (Phi) is 4.84. The molecule has 0 radical (unpaired) electrons. The maximum Gasteiger partial charge on any atom is 0.259 e. The quantitative estimate of drug-likeness (QED) is 0.768. The van der Waals surface area contributed by atoms with Crippen molar-refractivity contribution in [3.05, 3.63) is 35.9 Å². The molecule has 0 fully saturated rings. The van der Waals surface area contributed by atoms with Gasteiger partial charge in [0.15, 0.2) is 0 Å². The molecule has 6 heteroatoms. The fourth-order valence-electron chi connectivity index (χ4n) is 3.26. The van der Waals surface area contributed by atoms with Gasteiger partial charge in [0.1, 0.15) is 0 Å². The number of rotatable bonds is 7. The molecule has 0 saturated carbocycles. The Morgan fingerprint density at radius 1 is 1.16 bits per heavy atom. The first kappa shape index (κ1) is 17.9. The summed E-state index contributed by atoms with van der Waals surface area (Å²) in [6.45, 7) is 7.17. The van der Waals surface area contributed by atoms with E-state index in [-0.39, 0.29) is 10.8 Å². The van der Waals surface area contributed by atoms with Crippen molar-refractivity contribution >= 4 is 32.4 Å². The van der Waals surface area contributed by atoms with E-state index in [0.717, 1.165) is 23.9 Å². The third-order valence-electron chi connectivity index (χ3n) is 4.40. The summed E-state index contributed by atoms with van der Waals surface area (Å²) in [6.07, 6.45) is 1.71. The van der Waals surface area contributed by atoms with Crippen LogP contribution in [0.1, 0.15) is 44.0 Å². The molecule has 0 atom stereocenters. The van der Waals surface area contributed by atoms with Gasteiger partial charge in [-0.05, 0) is 30.5 Å². The van der Waals surface area contributed by atoms with Gasteiger partial charge in [-0.2, -0.15) is 0 Å². The van der Waals surface area contributed by atoms with Gasteiger partial charge in [0.25, 0.3) is 5.91 Å². The predicted octanol–water partition coefficient (Wildman–Crippen LogP) is 3.53. The normalized spacial score (nSPS) is 14.1. The van der Waals surface area contributed by atoms with Gasteiger partial charge in [0, 0.05) is 29.4 Å². The van der Waals surface area contributed by atoms with Crippen molar-refractivity contribution in [3.8, 4) is 0 Å². The van der Waals surface area contributed by atoms with Crippen LogP contribution < -0.4 is 9.62 Å². The molecule has 1 aliphatic heterocycles. The van der Waals surface area contributed by atoms with Gasteiger partial charge in [0.2, 0.25) is 10.0 Å². The van der Waals surface area contributed by atoms with Gasteiger partial charge in [-0.1, -0.05) is 39.3 Å². The highest BCUT2D eigenvalue weighted by Crippen LogP contribution is 2.40. The van der Waals surface area contributed by atoms with E-state index >= 15 is 0 Å². The lowest BCUT2D eigenvalue weighted by Crippen LogP contribution is -2.30. The number of benzene rings is 2. The summed E-state index contributed by atoms with van der Waals surface area (Å²) in [5.74, 6) is 0.273. The number of hydrogen-bond donors (Lipinski definition) is 1. The fraction of sp³-hybridized carbons (Fsp3) is 0.421. The lowest BCUT2D eigenvalue weighted by Gasteiger charge is -2.20. The summed E-state index contributed by atoms with van der Waals surface area (Å²) in [4.78, 5) is 14.7. The molecule has 0 aromatic heterocycles. The molecule has 5 nitrogen and oxygen atoms in total. The zero-order valence-electron chi connectivity index (χ0n) is 14.9. The van der Waals surface area contributed by atoms with Crippen molar-refractivity contribution in [2.24, 2.45) is 5.92 Å². The van der Waals surface area contributed by atoms with Crippen molar-refractivity contribution in [2.45, 2.75) is 38.5 Å². The zero-order chi connectivity index (χ0) is 18.2. The summed E-state index contributed by atoms with van der Waals surface area (Å²) >= 11 is 0. The monoisotopic (exact) mass is 360 g/mol. The summed E-state index contributed by atoms with van der Waals surface area (Å²) in [6, 6.07) is 8.68. The Bertz CT molecular complexity index is 920. The van der Waals surface area contributed by atoms with Crippen LogP contribution in [0, 0.1) is 5.92 Å². The summed E-state index contributed by atoms with van der Waals surface area (Å²) in [7, 11) is -3.60. The highest BCUT2D eigenvalue weighted by Gasteiger charge is 2.32. The average Bonchev–Trinajstić information content (AvgIpc) is 2.82. The standard InChI is InChI=1S/C19H24N2O3S/c1-4-5-11-20-25(23,24)17-10-9-16-18-14(17)7-6-8-15(18)19(22)21(16)12-13(2)3/h6-10,13,20H,4-5,11-12H2,1-3H3. The summed E-state index contributed by atoms with van der Waals surface area (Å²) < 4.78 is 28.0. The van der Waals surface area contributed by atoms with E-state index < -0.39 is 10.0 Å². The smallest absolute Gasteiger partial charge is 0.259 e. The molecular formula is C19H24N2O3S. The second kappa shape index (κ2) is 6.77. The molecule has 0 bridgehead atoms. The molecule has 1 amide bonds. The second-order valence-corrected chi connectivity index (χ2v) is 8.61. The van der Waals surface area contributed by atoms with Crippen molar-refractivity contribution in [2.75, 3.05) is 18.0 Å². The minimum absolute atomic E-state index is 0.0530. The van der Waals surface area contributed by atoms with E-state index in [1.54, 1.807) is 35.2 Å². The minimum Gasteiger partial charge on any atom is -0.307 e. The molecule has 2 aromatic carbocycles. The van der Waals surface area contributed by atoms with Crippen molar-refractivity contribution in [1.29, 1.82) is 0 Å². The Labute approximate surface area is 149 Å². The van der Waals surface area contributed by atoms with Gasteiger partial charge in [-0.3, -0.25) is 4.79 Å². The van der Waals surface area contributed by atoms with Crippen LogP contribution in [0.3, 0.4) is 0 Å². The van der Waals surface area contributed by atoms with Crippen LogP contribution in [0.4, 0.5) is 5.69 Å². The first-order chi connectivity index (χ1) is 11.9. The largest absolute Gasteiger partial charge is 0.307 e. The van der Waals surface area contributed by atoms with Gasteiger partial charge in [0.05, 0.1) is 10.6 Å². The number of hydrogen-bond acceptors (Lipinski definition) is 3. The third kappa shape index (κ3) is 3.16. The maximum atomic E-state index is 12.7. The molecule has 1 heterocycles. The number of nitrogens with one attached hydrogen (secondary N) is 1. The van der Waals surface area contributed by atoms with Crippen molar-refractivity contribution < 1.29 is 13.2 Å². The Hall–Kier alpha value is -1.92. The molecule has 0 spiro atoms. The second-order valence-electron chi connectivity index (χ2n) is 6.87. The van der Waals surface area contributed by atoms with Crippen LogP contribution in [0.2, 0.25) is 0 Å². The molecule has 3 rings (SSSR count). The van der Waals surface area contributed by atoms with E-state index in [4.69, 9.17) is 0 Å². The molecule has 134 valence electrons. The lowest BCUT2D eigenvalue weighted by atomic mass is 10.1. The minimum atomic E-state index is -3.60. The zero-order valence-corrected chi connectivity index (χ0v) is 15.7. The van der Waals surface area contributed by atoms with E-state index in [2.05, 4.69) is 18.6 Å². The third-order valence-corrected chi connectivity index (χ3v) is 5.92.